The normalized spacial score (nSPS) is 11.2. The maximum atomic E-state index is 10.9. The third-order valence-corrected chi connectivity index (χ3v) is 3.26. The molecule has 0 aromatic heterocycles. The molecule has 0 atom stereocenters. The summed E-state index contributed by atoms with van der Waals surface area (Å²) < 4.78 is 5.52. The molecule has 0 aliphatic rings. The van der Waals surface area contributed by atoms with Gasteiger partial charge >= 0.3 is 0 Å². The molecule has 0 aliphatic heterocycles. The lowest BCUT2D eigenvalue weighted by Gasteiger charge is -2.07. The summed E-state index contributed by atoms with van der Waals surface area (Å²) in [4.78, 5) is 10.5. The monoisotopic (exact) mass is 283 g/mol. The summed E-state index contributed by atoms with van der Waals surface area (Å²) in [6, 6.07) is 14.6. The van der Waals surface area contributed by atoms with E-state index in [0.29, 0.717) is 5.56 Å². The molecule has 0 spiro atoms. The summed E-state index contributed by atoms with van der Waals surface area (Å²) in [5.74, 6) is 0. The Balaban J connectivity index is 2.09. The highest BCUT2D eigenvalue weighted by atomic mass is 16.6. The number of nitro benzene ring substituents is 1. The number of hydrogen-bond acceptors (Lipinski definition) is 3. The van der Waals surface area contributed by atoms with Crippen LogP contribution in [0, 0.1) is 17.0 Å². The van der Waals surface area contributed by atoms with Crippen LogP contribution in [0.25, 0.3) is 5.57 Å². The Morgan fingerprint density at radius 3 is 2.57 bits per heavy atom. The van der Waals surface area contributed by atoms with Crippen LogP contribution in [0.4, 0.5) is 5.69 Å². The molecule has 0 aliphatic carbocycles. The number of nitro groups is 1. The van der Waals surface area contributed by atoms with E-state index in [1.165, 1.54) is 11.6 Å². The number of allylic oxidation sites excluding steroid dienone is 1. The van der Waals surface area contributed by atoms with Gasteiger partial charge in [0.2, 0.25) is 0 Å². The van der Waals surface area contributed by atoms with Gasteiger partial charge in [-0.2, -0.15) is 0 Å². The van der Waals surface area contributed by atoms with Crippen LogP contribution in [-0.2, 0) is 11.3 Å². The van der Waals surface area contributed by atoms with E-state index in [4.69, 9.17) is 4.74 Å². The average molecular weight is 283 g/mol. The van der Waals surface area contributed by atoms with E-state index < -0.39 is 4.92 Å². The smallest absolute Gasteiger partial charge is 0.276 e. The Labute approximate surface area is 123 Å². The number of para-hydroxylation sites is 1. The van der Waals surface area contributed by atoms with Crippen LogP contribution < -0.4 is 0 Å². The van der Waals surface area contributed by atoms with Crippen LogP contribution in [0.5, 0.6) is 0 Å². The second kappa shape index (κ2) is 6.70. The molecule has 0 radical (unpaired) electrons. The lowest BCUT2D eigenvalue weighted by atomic mass is 10.0. The molecule has 4 heteroatoms. The number of hydrogen-bond donors (Lipinski definition) is 0. The Bertz CT molecular complexity index is 677. The molecule has 0 fully saturated rings. The zero-order chi connectivity index (χ0) is 15.2. The van der Waals surface area contributed by atoms with E-state index in [-0.39, 0.29) is 12.3 Å². The summed E-state index contributed by atoms with van der Waals surface area (Å²) >= 11 is 0. The molecular weight excluding hydrogens is 266 g/mol. The summed E-state index contributed by atoms with van der Waals surface area (Å²) in [5.41, 5.74) is 3.92. The molecule has 0 unspecified atom stereocenters. The van der Waals surface area contributed by atoms with Crippen molar-refractivity contribution in [1.29, 1.82) is 0 Å². The van der Waals surface area contributed by atoms with Crippen molar-refractivity contribution in [3.05, 3.63) is 81.6 Å². The topological polar surface area (TPSA) is 52.4 Å². The minimum atomic E-state index is -0.392. The number of ether oxygens (including phenoxy) is 1. The largest absolute Gasteiger partial charge is 0.496 e. The van der Waals surface area contributed by atoms with Crippen molar-refractivity contribution in [1.82, 2.24) is 0 Å². The SMILES string of the molecule is C/C(=C\OCc1ccccc1[N+](=O)[O-])c1ccccc1C. The first-order valence-corrected chi connectivity index (χ1v) is 6.66. The molecule has 0 N–H and O–H groups in total. The van der Waals surface area contributed by atoms with Gasteiger partial charge in [0.25, 0.3) is 5.69 Å². The van der Waals surface area contributed by atoms with Crippen LogP contribution in [0.1, 0.15) is 23.6 Å². The van der Waals surface area contributed by atoms with Crippen molar-refractivity contribution < 1.29 is 9.66 Å². The van der Waals surface area contributed by atoms with Crippen molar-refractivity contribution in [2.75, 3.05) is 0 Å². The molecule has 0 heterocycles. The fourth-order valence-corrected chi connectivity index (χ4v) is 2.15. The van der Waals surface area contributed by atoms with Gasteiger partial charge in [-0.05, 0) is 36.6 Å². The predicted molar refractivity (Wildman–Crippen MR) is 82.7 cm³/mol. The molecule has 21 heavy (non-hydrogen) atoms. The Hall–Kier alpha value is -2.62. The quantitative estimate of drug-likeness (QED) is 0.462. The van der Waals surface area contributed by atoms with Gasteiger partial charge in [-0.15, -0.1) is 0 Å². The molecule has 2 rings (SSSR count). The summed E-state index contributed by atoms with van der Waals surface area (Å²) in [5, 5.41) is 10.9. The fourth-order valence-electron chi connectivity index (χ4n) is 2.15. The summed E-state index contributed by atoms with van der Waals surface area (Å²) in [6.45, 7) is 4.18. The lowest BCUT2D eigenvalue weighted by molar-refractivity contribution is -0.385. The first-order valence-electron chi connectivity index (χ1n) is 6.66. The van der Waals surface area contributed by atoms with Crippen LogP contribution in [-0.4, -0.2) is 4.92 Å². The van der Waals surface area contributed by atoms with Crippen molar-refractivity contribution in [3.63, 3.8) is 0 Å². The molecular formula is C17H17NO3. The standard InChI is InChI=1S/C17H17NO3/c1-13-7-3-5-9-16(13)14(2)11-21-12-15-8-4-6-10-17(15)18(19)20/h3-11H,12H2,1-2H3/b14-11+. The van der Waals surface area contributed by atoms with Crippen molar-refractivity contribution in [3.8, 4) is 0 Å². The maximum absolute atomic E-state index is 10.9. The van der Waals surface area contributed by atoms with Crippen molar-refractivity contribution in [2.45, 2.75) is 20.5 Å². The first kappa shape index (κ1) is 14.8. The molecule has 0 saturated carbocycles. The van der Waals surface area contributed by atoms with Gasteiger partial charge in [0.05, 0.1) is 16.7 Å². The Morgan fingerprint density at radius 2 is 1.86 bits per heavy atom. The highest BCUT2D eigenvalue weighted by Crippen LogP contribution is 2.21. The zero-order valence-electron chi connectivity index (χ0n) is 12.1. The lowest BCUT2D eigenvalue weighted by Crippen LogP contribution is -1.96. The van der Waals surface area contributed by atoms with E-state index >= 15 is 0 Å². The van der Waals surface area contributed by atoms with Crippen LogP contribution in [0.2, 0.25) is 0 Å². The molecule has 0 saturated heterocycles. The van der Waals surface area contributed by atoms with Crippen LogP contribution in [0.15, 0.2) is 54.8 Å². The van der Waals surface area contributed by atoms with Gasteiger partial charge < -0.3 is 4.74 Å². The van der Waals surface area contributed by atoms with E-state index in [9.17, 15) is 10.1 Å². The average Bonchev–Trinajstić information content (AvgIpc) is 2.48. The third kappa shape index (κ3) is 3.69. The number of rotatable bonds is 5. The van der Waals surface area contributed by atoms with Crippen LogP contribution >= 0.6 is 0 Å². The van der Waals surface area contributed by atoms with Crippen molar-refractivity contribution >= 4 is 11.3 Å². The maximum Gasteiger partial charge on any atom is 0.276 e. The van der Waals surface area contributed by atoms with Gasteiger partial charge in [0, 0.05) is 6.07 Å². The van der Waals surface area contributed by atoms with E-state index in [0.717, 1.165) is 11.1 Å². The van der Waals surface area contributed by atoms with Gasteiger partial charge in [-0.3, -0.25) is 10.1 Å². The van der Waals surface area contributed by atoms with Gasteiger partial charge in [0.15, 0.2) is 0 Å². The number of benzene rings is 2. The zero-order valence-corrected chi connectivity index (χ0v) is 12.1. The third-order valence-electron chi connectivity index (χ3n) is 3.26. The van der Waals surface area contributed by atoms with E-state index in [2.05, 4.69) is 0 Å². The van der Waals surface area contributed by atoms with Crippen LogP contribution in [0.3, 0.4) is 0 Å². The number of nitrogens with zero attached hydrogens (tertiary/aromatic N) is 1. The molecule has 0 bridgehead atoms. The molecule has 2 aromatic rings. The molecule has 2 aromatic carbocycles. The van der Waals surface area contributed by atoms with Gasteiger partial charge in [-0.25, -0.2) is 0 Å². The summed E-state index contributed by atoms with van der Waals surface area (Å²) in [6.07, 6.45) is 1.65. The van der Waals surface area contributed by atoms with Gasteiger partial charge in [0.1, 0.15) is 6.61 Å². The molecule has 108 valence electrons. The Morgan fingerprint density at radius 1 is 1.19 bits per heavy atom. The second-order valence-electron chi connectivity index (χ2n) is 4.81. The van der Waals surface area contributed by atoms with E-state index in [1.54, 1.807) is 24.5 Å². The predicted octanol–water partition coefficient (Wildman–Crippen LogP) is 4.48. The van der Waals surface area contributed by atoms with E-state index in [1.807, 2.05) is 38.1 Å². The summed E-state index contributed by atoms with van der Waals surface area (Å²) in [7, 11) is 0. The fraction of sp³-hybridized carbons (Fsp3) is 0.176. The minimum absolute atomic E-state index is 0.0828. The van der Waals surface area contributed by atoms with Crippen molar-refractivity contribution in [2.24, 2.45) is 0 Å². The molecule has 4 nitrogen and oxygen atoms in total. The minimum Gasteiger partial charge on any atom is -0.496 e. The highest BCUT2D eigenvalue weighted by molar-refractivity contribution is 5.65. The number of aryl methyl sites for hydroxylation is 1. The highest BCUT2D eigenvalue weighted by Gasteiger charge is 2.11. The first-order chi connectivity index (χ1) is 10.1. The molecule has 0 amide bonds. The Kier molecular flexibility index (Phi) is 4.72. The second-order valence-corrected chi connectivity index (χ2v) is 4.81. The van der Waals surface area contributed by atoms with Gasteiger partial charge in [-0.1, -0.05) is 36.4 Å².